The second-order valence-corrected chi connectivity index (χ2v) is 12.3. The first-order chi connectivity index (χ1) is 18.3. The molecule has 5 rings (SSSR count). The van der Waals surface area contributed by atoms with E-state index in [0.29, 0.717) is 12.8 Å². The van der Waals surface area contributed by atoms with E-state index in [0.717, 1.165) is 36.2 Å². The van der Waals surface area contributed by atoms with E-state index < -0.39 is 46.9 Å². The Labute approximate surface area is 229 Å². The predicted molar refractivity (Wildman–Crippen MR) is 145 cm³/mol. The third kappa shape index (κ3) is 3.94. The lowest BCUT2D eigenvalue weighted by Gasteiger charge is -2.55. The third-order valence-corrected chi connectivity index (χ3v) is 9.85. The lowest BCUT2D eigenvalue weighted by molar-refractivity contribution is -0.182. The van der Waals surface area contributed by atoms with Crippen molar-refractivity contribution in [1.82, 2.24) is 9.80 Å². The normalized spacial score (nSPS) is 34.6. The van der Waals surface area contributed by atoms with Crippen molar-refractivity contribution >= 4 is 28.9 Å². The standard InChI is InChI=1S/C29H40N4O6/c1-31(2)23-15(19-8-7-9-33(19)5)12-20(34)22-16(23)10-14-11-18-24(32(3)4)25(35)17(28(30)38)13-29(18,39-6)27(37)21(14)26(22)36/h12,14,17-19,21,24,34H,7-11,13H2,1-6H3,(H2,30,38). The van der Waals surface area contributed by atoms with Gasteiger partial charge < -0.3 is 20.5 Å². The summed E-state index contributed by atoms with van der Waals surface area (Å²) < 4.78 is 5.92. The maximum absolute atomic E-state index is 14.3. The number of primary amides is 1. The molecule has 1 saturated heterocycles. The maximum atomic E-state index is 14.3. The van der Waals surface area contributed by atoms with Crippen molar-refractivity contribution in [2.24, 2.45) is 29.4 Å². The SMILES string of the molecule is COC12CC(C(N)=O)C(=O)C(N(C)C)C1CC1Cc3c(c(O)cc(C4CCCN4C)c3N(C)C)C(=O)C1C2=O. The Morgan fingerprint density at radius 2 is 1.90 bits per heavy atom. The van der Waals surface area contributed by atoms with Gasteiger partial charge in [0.1, 0.15) is 17.3 Å². The quantitative estimate of drug-likeness (QED) is 0.528. The highest BCUT2D eigenvalue weighted by atomic mass is 16.5. The zero-order valence-electron chi connectivity index (χ0n) is 23.7. The van der Waals surface area contributed by atoms with Gasteiger partial charge in [0, 0.05) is 45.3 Å². The fourth-order valence-electron chi connectivity index (χ4n) is 8.19. The molecule has 2 saturated carbocycles. The molecule has 3 N–H and O–H groups in total. The lowest BCUT2D eigenvalue weighted by atomic mass is 9.52. The maximum Gasteiger partial charge on any atom is 0.228 e. The molecule has 7 atom stereocenters. The van der Waals surface area contributed by atoms with Crippen molar-refractivity contribution < 1.29 is 29.0 Å². The summed E-state index contributed by atoms with van der Waals surface area (Å²) in [6.45, 7) is 0.959. The van der Waals surface area contributed by atoms with Crippen LogP contribution in [0.1, 0.15) is 53.2 Å². The largest absolute Gasteiger partial charge is 0.507 e. The molecule has 0 bridgehead atoms. The Bertz CT molecular complexity index is 1240. The van der Waals surface area contributed by atoms with E-state index in [2.05, 4.69) is 11.9 Å². The average Bonchev–Trinajstić information content (AvgIpc) is 3.28. The van der Waals surface area contributed by atoms with Gasteiger partial charge in [-0.05, 0) is 76.5 Å². The Kier molecular flexibility index (Phi) is 6.88. The zero-order chi connectivity index (χ0) is 28.5. The van der Waals surface area contributed by atoms with Crippen molar-refractivity contribution in [3.8, 4) is 5.75 Å². The highest BCUT2D eigenvalue weighted by Gasteiger charge is 2.65. The van der Waals surface area contributed by atoms with Crippen LogP contribution in [0.25, 0.3) is 0 Å². The van der Waals surface area contributed by atoms with E-state index in [9.17, 15) is 24.3 Å². The van der Waals surface area contributed by atoms with Gasteiger partial charge in [0.05, 0.1) is 17.5 Å². The van der Waals surface area contributed by atoms with Gasteiger partial charge in [-0.25, -0.2) is 0 Å². The number of hydrogen-bond donors (Lipinski definition) is 2. The molecule has 10 heteroatoms. The smallest absolute Gasteiger partial charge is 0.228 e. The third-order valence-electron chi connectivity index (χ3n) is 9.85. The number of hydrogen-bond acceptors (Lipinski definition) is 9. The number of rotatable bonds is 5. The molecule has 1 aliphatic heterocycles. The van der Waals surface area contributed by atoms with Crippen LogP contribution in [0, 0.1) is 23.7 Å². The highest BCUT2D eigenvalue weighted by molar-refractivity contribution is 6.18. The highest BCUT2D eigenvalue weighted by Crippen LogP contribution is 2.55. The molecule has 1 heterocycles. The average molecular weight is 541 g/mol. The summed E-state index contributed by atoms with van der Waals surface area (Å²) in [4.78, 5) is 60.2. The van der Waals surface area contributed by atoms with E-state index in [1.165, 1.54) is 7.11 Å². The Morgan fingerprint density at radius 3 is 2.44 bits per heavy atom. The van der Waals surface area contributed by atoms with Crippen LogP contribution in [0.4, 0.5) is 5.69 Å². The number of nitrogens with zero attached hydrogens (tertiary/aromatic N) is 3. The summed E-state index contributed by atoms with van der Waals surface area (Å²) in [6.07, 6.45) is 2.66. The summed E-state index contributed by atoms with van der Waals surface area (Å²) in [5, 5.41) is 11.2. The number of amides is 1. The van der Waals surface area contributed by atoms with Crippen molar-refractivity contribution in [1.29, 1.82) is 0 Å². The number of phenols is 1. The lowest BCUT2D eigenvalue weighted by Crippen LogP contribution is -2.70. The summed E-state index contributed by atoms with van der Waals surface area (Å²) >= 11 is 0. The van der Waals surface area contributed by atoms with Crippen LogP contribution >= 0.6 is 0 Å². The fraction of sp³-hybridized carbons (Fsp3) is 0.655. The van der Waals surface area contributed by atoms with Gasteiger partial charge in [-0.1, -0.05) is 0 Å². The summed E-state index contributed by atoms with van der Waals surface area (Å²) in [6, 6.07) is 1.07. The number of methoxy groups -OCH3 is 1. The number of phenolic OH excluding ortho intramolecular Hbond substituents is 1. The van der Waals surface area contributed by atoms with E-state index in [1.54, 1.807) is 25.1 Å². The number of carbonyl (C=O) groups excluding carboxylic acids is 4. The summed E-state index contributed by atoms with van der Waals surface area (Å²) in [7, 11) is 10.8. The molecule has 1 aromatic carbocycles. The number of nitrogens with two attached hydrogens (primary N) is 1. The minimum atomic E-state index is -1.50. The molecule has 4 aliphatic rings. The molecule has 3 aliphatic carbocycles. The number of likely N-dealkylation sites (N-methyl/N-ethyl adjacent to an activating group) is 1. The number of aromatic hydroxyl groups is 1. The fourth-order valence-corrected chi connectivity index (χ4v) is 8.19. The molecule has 1 aromatic rings. The predicted octanol–water partition coefficient (Wildman–Crippen LogP) is 1.17. The van der Waals surface area contributed by atoms with Crippen LogP contribution in [0.5, 0.6) is 5.75 Å². The van der Waals surface area contributed by atoms with Crippen molar-refractivity contribution in [2.75, 3.05) is 53.8 Å². The first kappa shape index (κ1) is 27.7. The second kappa shape index (κ2) is 9.67. The van der Waals surface area contributed by atoms with E-state index in [1.807, 2.05) is 19.0 Å². The number of fused-ring (bicyclic) bond motifs is 3. The number of benzene rings is 1. The molecule has 0 spiro atoms. The van der Waals surface area contributed by atoms with Crippen LogP contribution in [0.2, 0.25) is 0 Å². The van der Waals surface area contributed by atoms with Crippen LogP contribution in [-0.4, -0.2) is 98.7 Å². The monoisotopic (exact) mass is 540 g/mol. The van der Waals surface area contributed by atoms with E-state index >= 15 is 0 Å². The molecule has 0 radical (unpaired) electrons. The van der Waals surface area contributed by atoms with Crippen LogP contribution in [0.15, 0.2) is 6.07 Å². The van der Waals surface area contributed by atoms with E-state index in [-0.39, 0.29) is 35.5 Å². The first-order valence-electron chi connectivity index (χ1n) is 13.7. The Hall–Kier alpha value is -2.82. The number of likely N-dealkylation sites (tertiary alicyclic amines) is 1. The van der Waals surface area contributed by atoms with Gasteiger partial charge in [-0.2, -0.15) is 0 Å². The minimum absolute atomic E-state index is 0.101. The molecule has 1 amide bonds. The van der Waals surface area contributed by atoms with Crippen LogP contribution in [0.3, 0.4) is 0 Å². The molecule has 0 aromatic heterocycles. The first-order valence-corrected chi connectivity index (χ1v) is 13.7. The molecule has 10 nitrogen and oxygen atoms in total. The van der Waals surface area contributed by atoms with Gasteiger partial charge in [-0.3, -0.25) is 29.0 Å². The van der Waals surface area contributed by atoms with Crippen LogP contribution < -0.4 is 10.6 Å². The van der Waals surface area contributed by atoms with Crippen LogP contribution in [-0.2, 0) is 25.5 Å². The van der Waals surface area contributed by atoms with Crippen molar-refractivity contribution in [3.63, 3.8) is 0 Å². The zero-order valence-corrected chi connectivity index (χ0v) is 23.7. The number of ketones is 3. The summed E-state index contributed by atoms with van der Waals surface area (Å²) in [5.74, 6) is -5.15. The number of Topliss-reactive ketones (excluding diaryl/α,β-unsaturated/α-hetero) is 3. The second-order valence-electron chi connectivity index (χ2n) is 12.3. The summed E-state index contributed by atoms with van der Waals surface area (Å²) in [5.41, 5.74) is 6.98. The van der Waals surface area contributed by atoms with Gasteiger partial charge >= 0.3 is 0 Å². The van der Waals surface area contributed by atoms with Crippen molar-refractivity contribution in [3.05, 3.63) is 22.8 Å². The van der Waals surface area contributed by atoms with Crippen molar-refractivity contribution in [2.45, 2.75) is 49.8 Å². The molecule has 7 unspecified atom stereocenters. The molecule has 3 fully saturated rings. The molecular weight excluding hydrogens is 500 g/mol. The Morgan fingerprint density at radius 1 is 1.21 bits per heavy atom. The molecule has 39 heavy (non-hydrogen) atoms. The van der Waals surface area contributed by atoms with Gasteiger partial charge in [0.15, 0.2) is 17.3 Å². The number of carbonyl (C=O) groups is 4. The number of ether oxygens (including phenoxy) is 1. The van der Waals surface area contributed by atoms with Gasteiger partial charge in [-0.15, -0.1) is 0 Å². The Balaban J connectivity index is 1.65. The van der Waals surface area contributed by atoms with Gasteiger partial charge in [0.25, 0.3) is 0 Å². The minimum Gasteiger partial charge on any atom is -0.507 e. The topological polar surface area (TPSA) is 133 Å². The van der Waals surface area contributed by atoms with E-state index in [4.69, 9.17) is 10.5 Å². The molecule has 212 valence electrons. The van der Waals surface area contributed by atoms with Gasteiger partial charge in [0.2, 0.25) is 5.91 Å². The molecular formula is C29H40N4O6. The number of anilines is 1.